The second-order valence-electron chi connectivity index (χ2n) is 9.38. The second kappa shape index (κ2) is 12.0. The highest BCUT2D eigenvalue weighted by Crippen LogP contribution is 2.28. The molecule has 40 heavy (non-hydrogen) atoms. The molecule has 3 heterocycles. The molecule has 10 heteroatoms. The molecule has 0 atom stereocenters. The maximum atomic E-state index is 14.2. The van der Waals surface area contributed by atoms with Crippen LogP contribution < -0.4 is 4.90 Å². The number of carbonyl (C=O) groups is 1. The Balaban J connectivity index is 1.12. The van der Waals surface area contributed by atoms with Crippen LogP contribution in [-0.2, 0) is 12.2 Å². The molecule has 7 nitrogen and oxygen atoms in total. The largest absolute Gasteiger partial charge is 0.366 e. The molecule has 0 saturated carbocycles. The first-order valence-corrected chi connectivity index (χ1v) is 14.9. The van der Waals surface area contributed by atoms with Crippen LogP contribution in [0.1, 0.15) is 26.9 Å². The van der Waals surface area contributed by atoms with Crippen molar-refractivity contribution in [2.45, 2.75) is 17.3 Å². The summed E-state index contributed by atoms with van der Waals surface area (Å²) in [5.74, 6) is 1.12. The van der Waals surface area contributed by atoms with Crippen molar-refractivity contribution < 1.29 is 9.18 Å². The fourth-order valence-electron chi connectivity index (χ4n) is 4.75. The number of hydrogen-bond donors (Lipinski definition) is 0. The molecular weight excluding hydrogens is 544 g/mol. The number of halogens is 1. The molecule has 0 aliphatic carbocycles. The van der Waals surface area contributed by atoms with Crippen molar-refractivity contribution in [1.29, 1.82) is 0 Å². The number of benzene rings is 3. The van der Waals surface area contributed by atoms with Crippen molar-refractivity contribution in [2.24, 2.45) is 0 Å². The molecule has 0 spiro atoms. The summed E-state index contributed by atoms with van der Waals surface area (Å²) in [5, 5.41) is 12.5. The van der Waals surface area contributed by atoms with Gasteiger partial charge >= 0.3 is 0 Å². The quantitative estimate of drug-likeness (QED) is 0.223. The number of aromatic nitrogens is 4. The average Bonchev–Trinajstić information content (AvgIpc) is 3.64. The minimum absolute atomic E-state index is 0.0849. The van der Waals surface area contributed by atoms with E-state index >= 15 is 0 Å². The van der Waals surface area contributed by atoms with Gasteiger partial charge in [0.05, 0.1) is 11.4 Å². The van der Waals surface area contributed by atoms with Gasteiger partial charge in [0.2, 0.25) is 0 Å². The molecule has 1 aliphatic rings. The zero-order chi connectivity index (χ0) is 27.3. The smallest absolute Gasteiger partial charge is 0.273 e. The lowest BCUT2D eigenvalue weighted by Crippen LogP contribution is -2.49. The monoisotopic (exact) mass is 570 g/mol. The summed E-state index contributed by atoms with van der Waals surface area (Å²) in [6, 6.07) is 27.1. The Bertz CT molecular complexity index is 1580. The van der Waals surface area contributed by atoms with Crippen LogP contribution in [0.2, 0.25) is 0 Å². The lowest BCUT2D eigenvalue weighted by Gasteiger charge is -2.35. The van der Waals surface area contributed by atoms with Gasteiger partial charge in [-0.05, 0) is 29.8 Å². The van der Waals surface area contributed by atoms with Gasteiger partial charge in [-0.2, -0.15) is 0 Å². The van der Waals surface area contributed by atoms with E-state index in [9.17, 15) is 9.18 Å². The van der Waals surface area contributed by atoms with E-state index in [0.717, 1.165) is 21.7 Å². The molecule has 1 aliphatic heterocycles. The van der Waals surface area contributed by atoms with E-state index in [2.05, 4.69) is 31.9 Å². The molecule has 1 saturated heterocycles. The van der Waals surface area contributed by atoms with Crippen molar-refractivity contribution in [3.8, 4) is 5.69 Å². The van der Waals surface area contributed by atoms with Crippen LogP contribution in [0, 0.1) is 5.82 Å². The number of para-hydroxylation sites is 2. The summed E-state index contributed by atoms with van der Waals surface area (Å²) in [4.78, 5) is 21.6. The van der Waals surface area contributed by atoms with Gasteiger partial charge in [-0.3, -0.25) is 9.36 Å². The van der Waals surface area contributed by atoms with Gasteiger partial charge in [0.25, 0.3) is 5.91 Å². The Labute approximate surface area is 240 Å². The van der Waals surface area contributed by atoms with Gasteiger partial charge in [-0.15, -0.1) is 21.5 Å². The van der Waals surface area contributed by atoms with Crippen molar-refractivity contribution in [3.05, 3.63) is 118 Å². The van der Waals surface area contributed by atoms with Gasteiger partial charge < -0.3 is 9.80 Å². The number of amides is 1. The second-order valence-corrected chi connectivity index (χ2v) is 11.3. The highest BCUT2D eigenvalue weighted by molar-refractivity contribution is 7.98. The van der Waals surface area contributed by atoms with Crippen LogP contribution in [0.15, 0.2) is 95.5 Å². The first-order chi connectivity index (χ1) is 19.7. The minimum atomic E-state index is -0.237. The van der Waals surface area contributed by atoms with Crippen molar-refractivity contribution in [3.63, 3.8) is 0 Å². The number of thioether (sulfide) groups is 1. The topological polar surface area (TPSA) is 67.2 Å². The lowest BCUT2D eigenvalue weighted by molar-refractivity contribution is 0.0741. The summed E-state index contributed by atoms with van der Waals surface area (Å²) in [5.41, 5.74) is 3.21. The summed E-state index contributed by atoms with van der Waals surface area (Å²) >= 11 is 3.03. The Morgan fingerprint density at radius 1 is 0.875 bits per heavy atom. The molecular formula is C30H27FN6OS2. The van der Waals surface area contributed by atoms with E-state index < -0.39 is 0 Å². The zero-order valence-electron chi connectivity index (χ0n) is 21.7. The summed E-state index contributed by atoms with van der Waals surface area (Å²) in [6.07, 6.45) is 0.670. The molecule has 5 aromatic rings. The van der Waals surface area contributed by atoms with E-state index in [-0.39, 0.29) is 11.7 Å². The molecule has 3 aromatic carbocycles. The molecule has 202 valence electrons. The molecule has 0 N–H and O–H groups in total. The predicted molar refractivity (Wildman–Crippen MR) is 157 cm³/mol. The van der Waals surface area contributed by atoms with Crippen LogP contribution in [0.4, 0.5) is 10.1 Å². The number of carbonyl (C=O) groups excluding carboxylic acids is 1. The Hall–Kier alpha value is -4.02. The molecule has 2 aromatic heterocycles. The highest BCUT2D eigenvalue weighted by atomic mass is 32.2. The maximum absolute atomic E-state index is 14.2. The van der Waals surface area contributed by atoms with Crippen molar-refractivity contribution >= 4 is 34.7 Å². The third-order valence-corrected chi connectivity index (χ3v) is 8.75. The molecule has 1 amide bonds. The standard InChI is InChI=1S/C30H27FN6OS2/c31-24-13-7-8-14-26(24)35-15-17-36(18-16-35)29(38)25-20-39-28(32-25)21-40-30-34-33-27(19-22-9-3-1-4-10-22)37(30)23-11-5-2-6-12-23/h1-14,20H,15-19,21H2. The Kier molecular flexibility index (Phi) is 7.87. The molecule has 0 bridgehead atoms. The molecule has 0 unspecified atom stereocenters. The summed E-state index contributed by atoms with van der Waals surface area (Å²) < 4.78 is 16.3. The average molecular weight is 571 g/mol. The minimum Gasteiger partial charge on any atom is -0.366 e. The normalized spacial score (nSPS) is 13.5. The Morgan fingerprint density at radius 2 is 1.57 bits per heavy atom. The van der Waals surface area contributed by atoms with E-state index in [0.29, 0.717) is 49.7 Å². The van der Waals surface area contributed by atoms with Crippen molar-refractivity contribution in [1.82, 2.24) is 24.6 Å². The first kappa shape index (κ1) is 26.2. The molecule has 6 rings (SSSR count). The third kappa shape index (κ3) is 5.78. The number of thiazole rings is 1. The highest BCUT2D eigenvalue weighted by Gasteiger charge is 2.25. The van der Waals surface area contributed by atoms with Crippen LogP contribution in [0.3, 0.4) is 0 Å². The van der Waals surface area contributed by atoms with Gasteiger partial charge in [0.15, 0.2) is 5.16 Å². The van der Waals surface area contributed by atoms with Gasteiger partial charge in [0.1, 0.15) is 22.3 Å². The summed E-state index contributed by atoms with van der Waals surface area (Å²) in [6.45, 7) is 2.22. The predicted octanol–water partition coefficient (Wildman–Crippen LogP) is 5.71. The van der Waals surface area contributed by atoms with Crippen molar-refractivity contribution in [2.75, 3.05) is 31.1 Å². The third-order valence-electron chi connectivity index (χ3n) is 6.78. The number of nitrogens with zero attached hydrogens (tertiary/aromatic N) is 6. The fraction of sp³-hybridized carbons (Fsp3) is 0.200. The van der Waals surface area contributed by atoms with Crippen LogP contribution in [0.25, 0.3) is 5.69 Å². The van der Waals surface area contributed by atoms with Gasteiger partial charge in [0, 0.05) is 43.7 Å². The molecule has 0 radical (unpaired) electrons. The number of rotatable bonds is 8. The van der Waals surface area contributed by atoms with Gasteiger partial charge in [-0.25, -0.2) is 9.37 Å². The van der Waals surface area contributed by atoms with Gasteiger partial charge in [-0.1, -0.05) is 72.4 Å². The maximum Gasteiger partial charge on any atom is 0.273 e. The van der Waals surface area contributed by atoms with Crippen LogP contribution in [-0.4, -0.2) is 56.7 Å². The first-order valence-electron chi connectivity index (χ1n) is 13.1. The lowest BCUT2D eigenvalue weighted by atomic mass is 10.1. The number of hydrogen-bond acceptors (Lipinski definition) is 7. The number of piperazine rings is 1. The van der Waals surface area contributed by atoms with Crippen LogP contribution in [0.5, 0.6) is 0 Å². The van der Waals surface area contributed by atoms with E-state index in [1.807, 2.05) is 64.9 Å². The van der Waals surface area contributed by atoms with E-state index in [1.165, 1.54) is 23.0 Å². The molecule has 1 fully saturated rings. The number of anilines is 1. The van der Waals surface area contributed by atoms with Crippen LogP contribution >= 0.6 is 23.1 Å². The SMILES string of the molecule is O=C(c1csc(CSc2nnc(Cc3ccccc3)n2-c2ccccc2)n1)N1CCN(c2ccccc2F)CC1. The van der Waals surface area contributed by atoms with E-state index in [4.69, 9.17) is 0 Å². The zero-order valence-corrected chi connectivity index (χ0v) is 23.3. The summed E-state index contributed by atoms with van der Waals surface area (Å²) in [7, 11) is 0. The fourth-order valence-corrected chi connectivity index (χ4v) is 6.50. The van der Waals surface area contributed by atoms with E-state index in [1.54, 1.807) is 28.8 Å². The Morgan fingerprint density at radius 3 is 2.33 bits per heavy atom.